The van der Waals surface area contributed by atoms with Crippen LogP contribution in [0.25, 0.3) is 0 Å². The van der Waals surface area contributed by atoms with Crippen LogP contribution in [0, 0.1) is 6.42 Å². The standard InChI is InChI=1S/C12H28N7O5S2.2Na/c1-25(20,21)15-7-6-14-11-17-10(13)18-12(19-11)16-8-4-2-3-5-9(8)26(22,23)24;;/h2,8-12,14-19H,3-7,13H2,1H3,(H,22,23,24);;/q-1;2*+1/p-1. The van der Waals surface area contributed by atoms with E-state index in [9.17, 15) is 21.4 Å². The van der Waals surface area contributed by atoms with Crippen molar-refractivity contribution in [2.45, 2.75) is 49.4 Å². The van der Waals surface area contributed by atoms with E-state index in [-0.39, 0.29) is 65.7 Å². The number of sulfonamides is 1. The Morgan fingerprint density at radius 2 is 1.75 bits per heavy atom. The van der Waals surface area contributed by atoms with Crippen LogP contribution in [0.2, 0.25) is 0 Å². The van der Waals surface area contributed by atoms with Crippen molar-refractivity contribution in [1.29, 1.82) is 0 Å². The molecule has 5 atom stereocenters. The van der Waals surface area contributed by atoms with Crippen LogP contribution < -0.4 is 96.2 Å². The van der Waals surface area contributed by atoms with Gasteiger partial charge in [0, 0.05) is 13.1 Å². The smallest absolute Gasteiger partial charge is 0.748 e. The number of rotatable bonds is 8. The minimum Gasteiger partial charge on any atom is -0.748 e. The molecule has 0 aromatic rings. The van der Waals surface area contributed by atoms with Crippen molar-refractivity contribution in [3.63, 3.8) is 0 Å². The Hall–Kier alpha value is 1.58. The molecule has 154 valence electrons. The molecule has 0 amide bonds. The van der Waals surface area contributed by atoms with Gasteiger partial charge in [0.2, 0.25) is 10.0 Å². The van der Waals surface area contributed by atoms with Crippen molar-refractivity contribution >= 4 is 20.1 Å². The fourth-order valence-electron chi connectivity index (χ4n) is 3.00. The third-order valence-corrected chi connectivity index (χ3v) is 6.17. The zero-order valence-corrected chi connectivity index (χ0v) is 22.1. The largest absolute Gasteiger partial charge is 1.00 e. The molecule has 1 aliphatic carbocycles. The number of nitrogens with two attached hydrogens (primary N) is 1. The van der Waals surface area contributed by atoms with E-state index >= 15 is 0 Å². The second-order valence-corrected chi connectivity index (χ2v) is 9.79. The van der Waals surface area contributed by atoms with Crippen LogP contribution in [0.5, 0.6) is 0 Å². The van der Waals surface area contributed by atoms with E-state index in [2.05, 4.69) is 31.3 Å². The molecule has 1 saturated heterocycles. The average Bonchev–Trinajstić information content (AvgIpc) is 2.50. The van der Waals surface area contributed by atoms with Gasteiger partial charge in [-0.15, -0.1) is 0 Å². The Kier molecular flexibility index (Phi) is 13.9. The molecule has 0 aromatic heterocycles. The molecule has 28 heavy (non-hydrogen) atoms. The van der Waals surface area contributed by atoms with Gasteiger partial charge in [-0.1, -0.05) is 6.42 Å². The fraction of sp³-hybridized carbons (Fsp3) is 0.917. The zero-order chi connectivity index (χ0) is 19.4. The van der Waals surface area contributed by atoms with E-state index in [4.69, 9.17) is 5.73 Å². The summed E-state index contributed by atoms with van der Waals surface area (Å²) < 4.78 is 58.8. The second kappa shape index (κ2) is 13.2. The molecule has 16 heteroatoms. The average molecular weight is 460 g/mol. The Bertz CT molecular complexity index is 669. The topological polar surface area (TPSA) is 190 Å². The van der Waals surface area contributed by atoms with Crippen molar-refractivity contribution in [1.82, 2.24) is 31.3 Å². The molecular formula is C12H27N7Na2O5S2. The summed E-state index contributed by atoms with van der Waals surface area (Å²) in [6.45, 7) is 0.541. The van der Waals surface area contributed by atoms with Crippen molar-refractivity contribution in [3.05, 3.63) is 6.42 Å². The van der Waals surface area contributed by atoms with Crippen LogP contribution in [0.15, 0.2) is 0 Å². The Morgan fingerprint density at radius 1 is 1.11 bits per heavy atom. The van der Waals surface area contributed by atoms with E-state index in [0.29, 0.717) is 25.8 Å². The van der Waals surface area contributed by atoms with E-state index < -0.39 is 50.3 Å². The summed E-state index contributed by atoms with van der Waals surface area (Å²) in [6.07, 6.45) is 2.80. The number of hydrogen-bond donors (Lipinski definition) is 7. The van der Waals surface area contributed by atoms with E-state index in [1.807, 2.05) is 6.42 Å². The summed E-state index contributed by atoms with van der Waals surface area (Å²) in [7, 11) is -7.66. The first kappa shape index (κ1) is 29.6. The minimum atomic E-state index is -4.40. The van der Waals surface area contributed by atoms with E-state index in [0.717, 1.165) is 6.26 Å². The van der Waals surface area contributed by atoms with Crippen LogP contribution >= 0.6 is 0 Å². The summed E-state index contributed by atoms with van der Waals surface area (Å²) in [5.41, 5.74) is 5.87. The van der Waals surface area contributed by atoms with Gasteiger partial charge < -0.3 is 16.7 Å². The SMILES string of the molecule is CS(=O)(=O)NCCNC1NC(N)NC(NC2C[CH-]CCC2S(=O)(=O)[O-])N1.[Na+].[Na+]. The molecule has 1 saturated carbocycles. The van der Waals surface area contributed by atoms with Gasteiger partial charge in [-0.3, -0.25) is 26.6 Å². The Morgan fingerprint density at radius 3 is 2.36 bits per heavy atom. The summed E-state index contributed by atoms with van der Waals surface area (Å²) in [4.78, 5) is 0. The molecule has 1 heterocycles. The van der Waals surface area contributed by atoms with Gasteiger partial charge in [0.15, 0.2) is 0 Å². The Labute approximate surface area is 211 Å². The van der Waals surface area contributed by atoms with Crippen LogP contribution in [0.4, 0.5) is 0 Å². The van der Waals surface area contributed by atoms with Gasteiger partial charge in [-0.05, 0) is 6.04 Å². The first-order valence-corrected chi connectivity index (χ1v) is 11.6. The van der Waals surface area contributed by atoms with Gasteiger partial charge in [0.05, 0.1) is 21.6 Å². The fourth-order valence-corrected chi connectivity index (χ4v) is 4.49. The van der Waals surface area contributed by atoms with Crippen LogP contribution in [0.3, 0.4) is 0 Å². The predicted octanol–water partition coefficient (Wildman–Crippen LogP) is -10.0. The van der Waals surface area contributed by atoms with Crippen molar-refractivity contribution in [2.75, 3.05) is 19.3 Å². The zero-order valence-electron chi connectivity index (χ0n) is 16.4. The van der Waals surface area contributed by atoms with Gasteiger partial charge in [-0.2, -0.15) is 12.8 Å². The van der Waals surface area contributed by atoms with Gasteiger partial charge in [0.1, 0.15) is 18.9 Å². The summed E-state index contributed by atoms with van der Waals surface area (Å²) >= 11 is 0. The molecule has 2 fully saturated rings. The number of hydrogen-bond acceptors (Lipinski definition) is 11. The molecule has 2 aliphatic rings. The van der Waals surface area contributed by atoms with Gasteiger partial charge in [0.25, 0.3) is 0 Å². The van der Waals surface area contributed by atoms with Crippen molar-refractivity contribution < 1.29 is 80.5 Å². The van der Waals surface area contributed by atoms with E-state index in [1.54, 1.807) is 0 Å². The predicted molar refractivity (Wildman–Crippen MR) is 94.4 cm³/mol. The third-order valence-electron chi connectivity index (χ3n) is 4.14. The van der Waals surface area contributed by atoms with Crippen molar-refractivity contribution in [3.8, 4) is 0 Å². The minimum absolute atomic E-state index is 0. The quantitative estimate of drug-likeness (QED) is 0.0790. The van der Waals surface area contributed by atoms with Crippen LogP contribution in [0.1, 0.15) is 19.3 Å². The monoisotopic (exact) mass is 459 g/mol. The molecule has 0 spiro atoms. The first-order chi connectivity index (χ1) is 12.0. The first-order valence-electron chi connectivity index (χ1n) is 8.29. The summed E-state index contributed by atoms with van der Waals surface area (Å²) in [5.74, 6) is 0. The summed E-state index contributed by atoms with van der Waals surface area (Å²) in [6, 6.07) is -0.519. The molecule has 12 nitrogen and oxygen atoms in total. The maximum Gasteiger partial charge on any atom is 1.00 e. The molecule has 8 N–H and O–H groups in total. The molecular weight excluding hydrogens is 432 g/mol. The molecule has 0 aromatic carbocycles. The van der Waals surface area contributed by atoms with Crippen LogP contribution in [-0.4, -0.2) is 70.9 Å². The molecule has 0 bridgehead atoms. The van der Waals surface area contributed by atoms with Crippen LogP contribution in [-0.2, 0) is 20.1 Å². The van der Waals surface area contributed by atoms with E-state index in [1.165, 1.54) is 0 Å². The maximum absolute atomic E-state index is 11.5. The molecule has 5 unspecified atom stereocenters. The number of nitrogens with one attached hydrogen (secondary N) is 6. The maximum atomic E-state index is 11.5. The molecule has 0 radical (unpaired) electrons. The Balaban J connectivity index is 0.00000364. The summed E-state index contributed by atoms with van der Waals surface area (Å²) in [5, 5.41) is 14.1. The molecule has 1 aliphatic heterocycles. The van der Waals surface area contributed by atoms with Crippen molar-refractivity contribution in [2.24, 2.45) is 5.73 Å². The second-order valence-electron chi connectivity index (χ2n) is 6.37. The molecule has 2 rings (SSSR count). The van der Waals surface area contributed by atoms with Gasteiger partial charge in [-0.25, -0.2) is 21.6 Å². The normalized spacial score (nSPS) is 31.5. The van der Waals surface area contributed by atoms with Gasteiger partial charge >= 0.3 is 59.1 Å². The third kappa shape index (κ3) is 10.7.